The molecule has 5 heteroatoms. The lowest BCUT2D eigenvalue weighted by molar-refractivity contribution is 0.0195. The topological polar surface area (TPSA) is 41.6 Å². The Bertz CT molecular complexity index is 324. The fourth-order valence-electron chi connectivity index (χ4n) is 3.85. The van der Waals surface area contributed by atoms with Gasteiger partial charge in [-0.05, 0) is 45.4 Å². The molecular formula is C13H23ClN2O2. The normalized spacial score (nSPS) is 37.4. The van der Waals surface area contributed by atoms with Gasteiger partial charge in [-0.2, -0.15) is 0 Å². The molecule has 0 aromatic carbocycles. The largest absolute Gasteiger partial charge is 0.444 e. The van der Waals surface area contributed by atoms with E-state index in [0.717, 1.165) is 25.9 Å². The van der Waals surface area contributed by atoms with Gasteiger partial charge in [-0.15, -0.1) is 12.4 Å². The average molecular weight is 275 g/mol. The van der Waals surface area contributed by atoms with Crippen LogP contribution in [0.5, 0.6) is 0 Å². The summed E-state index contributed by atoms with van der Waals surface area (Å²) in [6.45, 7) is 7.96. The number of halogens is 1. The van der Waals surface area contributed by atoms with Gasteiger partial charge in [0.1, 0.15) is 5.60 Å². The number of ether oxygens (including phenoxy) is 1. The molecule has 3 rings (SSSR count). The Morgan fingerprint density at radius 2 is 1.67 bits per heavy atom. The predicted molar refractivity (Wildman–Crippen MR) is 72.0 cm³/mol. The summed E-state index contributed by atoms with van der Waals surface area (Å²) in [6.07, 6.45) is 2.22. The first-order valence-corrected chi connectivity index (χ1v) is 6.69. The number of rotatable bonds is 0. The van der Waals surface area contributed by atoms with Crippen LogP contribution in [0.4, 0.5) is 4.79 Å². The van der Waals surface area contributed by atoms with Crippen LogP contribution >= 0.6 is 12.4 Å². The summed E-state index contributed by atoms with van der Waals surface area (Å²) in [6, 6.07) is 0.852. The summed E-state index contributed by atoms with van der Waals surface area (Å²) in [4.78, 5) is 14.3. The van der Waals surface area contributed by atoms with Crippen molar-refractivity contribution in [1.29, 1.82) is 0 Å². The van der Waals surface area contributed by atoms with Crippen LogP contribution in [0.2, 0.25) is 0 Å². The first kappa shape index (κ1) is 13.9. The van der Waals surface area contributed by atoms with Crippen molar-refractivity contribution < 1.29 is 9.53 Å². The van der Waals surface area contributed by atoms with E-state index < -0.39 is 0 Å². The van der Waals surface area contributed by atoms with Crippen LogP contribution in [0.15, 0.2) is 0 Å². The SMILES string of the molecule is CC(C)(C)OC(=O)N1[C@@H]2CC[C@H]1[C@H]1CNC[C@H]12.Cl. The highest BCUT2D eigenvalue weighted by Gasteiger charge is 2.57. The van der Waals surface area contributed by atoms with Gasteiger partial charge in [-0.1, -0.05) is 0 Å². The molecule has 2 bridgehead atoms. The number of amides is 1. The zero-order chi connectivity index (χ0) is 12.2. The van der Waals surface area contributed by atoms with E-state index in [1.165, 1.54) is 0 Å². The third-order valence-corrected chi connectivity index (χ3v) is 4.38. The van der Waals surface area contributed by atoms with Crippen molar-refractivity contribution >= 4 is 18.5 Å². The molecule has 0 saturated carbocycles. The van der Waals surface area contributed by atoms with Crippen LogP contribution in [0, 0.1) is 11.8 Å². The summed E-state index contributed by atoms with van der Waals surface area (Å²) >= 11 is 0. The Morgan fingerprint density at radius 3 is 2.11 bits per heavy atom. The summed E-state index contributed by atoms with van der Waals surface area (Å²) in [5, 5.41) is 3.45. The standard InChI is InChI=1S/C13H22N2O2.ClH/c1-13(2,3)17-12(16)15-10-4-5-11(15)9-7-14-6-8(9)10;/h8-11,14H,4-7H2,1-3H3;1H/t8-,9+,10-,11+;. The van der Waals surface area contributed by atoms with Crippen molar-refractivity contribution in [3.8, 4) is 0 Å². The maximum absolute atomic E-state index is 12.2. The minimum Gasteiger partial charge on any atom is -0.444 e. The molecule has 0 aromatic rings. The number of hydrogen-bond acceptors (Lipinski definition) is 3. The van der Waals surface area contributed by atoms with Crippen molar-refractivity contribution in [2.45, 2.75) is 51.3 Å². The Kier molecular flexibility index (Phi) is 3.54. The number of carbonyl (C=O) groups is 1. The van der Waals surface area contributed by atoms with Gasteiger partial charge in [0.05, 0.1) is 0 Å². The molecule has 0 aliphatic carbocycles. The van der Waals surface area contributed by atoms with Crippen LogP contribution in [0.3, 0.4) is 0 Å². The molecule has 1 N–H and O–H groups in total. The lowest BCUT2D eigenvalue weighted by Crippen LogP contribution is -2.42. The highest BCUT2D eigenvalue weighted by Crippen LogP contribution is 2.47. The van der Waals surface area contributed by atoms with Gasteiger partial charge in [0, 0.05) is 25.2 Å². The van der Waals surface area contributed by atoms with Crippen LogP contribution in [-0.4, -0.2) is 41.8 Å². The van der Waals surface area contributed by atoms with Crippen molar-refractivity contribution in [2.24, 2.45) is 11.8 Å². The van der Waals surface area contributed by atoms with E-state index in [9.17, 15) is 4.79 Å². The number of fused-ring (bicyclic) bond motifs is 5. The number of carbonyl (C=O) groups excluding carboxylic acids is 1. The molecule has 3 aliphatic rings. The van der Waals surface area contributed by atoms with Crippen molar-refractivity contribution in [1.82, 2.24) is 10.2 Å². The van der Waals surface area contributed by atoms with Gasteiger partial charge in [-0.25, -0.2) is 4.79 Å². The smallest absolute Gasteiger partial charge is 0.410 e. The van der Waals surface area contributed by atoms with Gasteiger partial charge in [0.15, 0.2) is 0 Å². The molecule has 4 atom stereocenters. The summed E-state index contributed by atoms with van der Waals surface area (Å²) < 4.78 is 5.53. The molecule has 104 valence electrons. The minimum atomic E-state index is -0.382. The van der Waals surface area contributed by atoms with Crippen LogP contribution < -0.4 is 5.32 Å². The fraction of sp³-hybridized carbons (Fsp3) is 0.923. The summed E-state index contributed by atoms with van der Waals surface area (Å²) in [5.41, 5.74) is -0.382. The molecule has 3 aliphatic heterocycles. The Morgan fingerprint density at radius 1 is 1.17 bits per heavy atom. The van der Waals surface area contributed by atoms with E-state index in [4.69, 9.17) is 4.74 Å². The predicted octanol–water partition coefficient (Wildman–Crippen LogP) is 2.03. The van der Waals surface area contributed by atoms with Gasteiger partial charge >= 0.3 is 6.09 Å². The molecular weight excluding hydrogens is 252 g/mol. The average Bonchev–Trinajstić information content (AvgIpc) is 2.86. The molecule has 18 heavy (non-hydrogen) atoms. The quantitative estimate of drug-likeness (QED) is 0.735. The van der Waals surface area contributed by atoms with Crippen molar-refractivity contribution in [3.05, 3.63) is 0 Å². The van der Waals surface area contributed by atoms with E-state index >= 15 is 0 Å². The molecule has 3 heterocycles. The molecule has 0 unspecified atom stereocenters. The van der Waals surface area contributed by atoms with Crippen LogP contribution in [-0.2, 0) is 4.74 Å². The van der Waals surface area contributed by atoms with E-state index in [1.807, 2.05) is 25.7 Å². The fourth-order valence-corrected chi connectivity index (χ4v) is 3.85. The van der Waals surface area contributed by atoms with Gasteiger partial charge < -0.3 is 15.0 Å². The van der Waals surface area contributed by atoms with Crippen LogP contribution in [0.1, 0.15) is 33.6 Å². The second kappa shape index (κ2) is 4.57. The molecule has 3 fully saturated rings. The third-order valence-electron chi connectivity index (χ3n) is 4.38. The van der Waals surface area contributed by atoms with E-state index in [2.05, 4.69) is 5.32 Å². The monoisotopic (exact) mass is 274 g/mol. The minimum absolute atomic E-state index is 0. The van der Waals surface area contributed by atoms with Gasteiger partial charge in [0.2, 0.25) is 0 Å². The molecule has 4 nitrogen and oxygen atoms in total. The summed E-state index contributed by atoms with van der Waals surface area (Å²) in [5.74, 6) is 1.34. The second-order valence-corrected chi connectivity index (χ2v) is 6.59. The Balaban J connectivity index is 0.00000120. The summed E-state index contributed by atoms with van der Waals surface area (Å²) in [7, 11) is 0. The van der Waals surface area contributed by atoms with Gasteiger partial charge in [0.25, 0.3) is 0 Å². The molecule has 0 aromatic heterocycles. The number of hydrogen-bond donors (Lipinski definition) is 1. The Labute approximate surface area is 115 Å². The molecule has 0 spiro atoms. The highest BCUT2D eigenvalue weighted by molar-refractivity contribution is 5.85. The van der Waals surface area contributed by atoms with E-state index in [1.54, 1.807) is 0 Å². The zero-order valence-electron chi connectivity index (χ0n) is 11.3. The van der Waals surface area contributed by atoms with Gasteiger partial charge in [-0.3, -0.25) is 0 Å². The maximum Gasteiger partial charge on any atom is 0.410 e. The molecule has 1 amide bonds. The van der Waals surface area contributed by atoms with Crippen molar-refractivity contribution in [3.63, 3.8) is 0 Å². The van der Waals surface area contributed by atoms with E-state index in [0.29, 0.717) is 23.9 Å². The Hall–Kier alpha value is -0.480. The number of nitrogens with zero attached hydrogens (tertiary/aromatic N) is 1. The zero-order valence-corrected chi connectivity index (χ0v) is 12.1. The highest BCUT2D eigenvalue weighted by atomic mass is 35.5. The van der Waals surface area contributed by atoms with Crippen LogP contribution in [0.25, 0.3) is 0 Å². The maximum atomic E-state index is 12.2. The lowest BCUT2D eigenvalue weighted by atomic mass is 9.82. The lowest BCUT2D eigenvalue weighted by Gasteiger charge is -2.28. The molecule has 0 radical (unpaired) electrons. The first-order valence-electron chi connectivity index (χ1n) is 6.69. The van der Waals surface area contributed by atoms with Crippen molar-refractivity contribution in [2.75, 3.05) is 13.1 Å². The molecule has 3 saturated heterocycles. The number of nitrogens with one attached hydrogen (secondary N) is 1. The second-order valence-electron chi connectivity index (χ2n) is 6.59. The van der Waals surface area contributed by atoms with E-state index in [-0.39, 0.29) is 24.1 Å². The third kappa shape index (κ3) is 2.10. The first-order chi connectivity index (χ1) is 7.97.